The van der Waals surface area contributed by atoms with E-state index in [1.54, 1.807) is 19.2 Å². The normalized spacial score (nSPS) is 21.4. The molecule has 1 fully saturated rings. The Kier molecular flexibility index (Phi) is 7.25. The molecule has 2 aromatic carbocycles. The Balaban J connectivity index is 1.12. The van der Waals surface area contributed by atoms with E-state index in [1.165, 1.54) is 6.07 Å². The van der Waals surface area contributed by atoms with Crippen LogP contribution in [0.3, 0.4) is 0 Å². The summed E-state index contributed by atoms with van der Waals surface area (Å²) < 4.78 is 28.4. The second-order valence-corrected chi connectivity index (χ2v) is 9.82. The summed E-state index contributed by atoms with van der Waals surface area (Å²) in [7, 11) is 0. The molecule has 2 aliphatic rings. The van der Waals surface area contributed by atoms with Crippen LogP contribution in [0.2, 0.25) is 0 Å². The van der Waals surface area contributed by atoms with Crippen LogP contribution in [0, 0.1) is 18.7 Å². The van der Waals surface area contributed by atoms with E-state index in [0.29, 0.717) is 12.1 Å². The summed E-state index contributed by atoms with van der Waals surface area (Å²) in [5.41, 5.74) is 3.72. The lowest BCUT2D eigenvalue weighted by atomic mass is 9.86. The summed E-state index contributed by atoms with van der Waals surface area (Å²) in [5, 5.41) is 7.33. The standard InChI is InChI=1S/C29H34FN3O3/c1-3-33-22(15-16-32-33)18-31-29(34)20-7-10-23(11-8-20)35-24-12-14-27-21(17-24)9-13-28(36-27)25-5-4-6-26(30)19(25)2/h4-6,12,14-17,20,23,28H,3,7-11,13,18H2,1-2H3,(H,31,34). The average molecular weight is 492 g/mol. The molecule has 2 heterocycles. The molecule has 0 saturated heterocycles. The Labute approximate surface area is 211 Å². The van der Waals surface area contributed by atoms with Gasteiger partial charge in [-0.1, -0.05) is 12.1 Å². The first-order valence-corrected chi connectivity index (χ1v) is 13.0. The maximum Gasteiger partial charge on any atom is 0.223 e. The highest BCUT2D eigenvalue weighted by molar-refractivity contribution is 5.78. The third-order valence-corrected chi connectivity index (χ3v) is 7.53. The molecular weight excluding hydrogens is 457 g/mol. The van der Waals surface area contributed by atoms with Crippen LogP contribution < -0.4 is 14.8 Å². The molecule has 1 aromatic heterocycles. The SMILES string of the molecule is CCn1nccc1CNC(=O)C1CCC(Oc2ccc3c(c2)CCC(c2cccc(F)c2C)O3)CC1. The third-order valence-electron chi connectivity index (χ3n) is 7.53. The lowest BCUT2D eigenvalue weighted by molar-refractivity contribution is -0.126. The van der Waals surface area contributed by atoms with E-state index in [-0.39, 0.29) is 29.9 Å². The van der Waals surface area contributed by atoms with E-state index in [2.05, 4.69) is 16.5 Å². The molecule has 1 aliphatic heterocycles. The smallest absolute Gasteiger partial charge is 0.223 e. The van der Waals surface area contributed by atoms with Crippen molar-refractivity contribution in [1.82, 2.24) is 15.1 Å². The first-order valence-electron chi connectivity index (χ1n) is 13.0. The fourth-order valence-corrected chi connectivity index (χ4v) is 5.38. The number of hydrogen-bond donors (Lipinski definition) is 1. The Bertz CT molecular complexity index is 1220. The number of amides is 1. The van der Waals surface area contributed by atoms with Gasteiger partial charge in [0.25, 0.3) is 0 Å². The van der Waals surface area contributed by atoms with Gasteiger partial charge in [0.05, 0.1) is 18.3 Å². The highest BCUT2D eigenvalue weighted by Gasteiger charge is 2.28. The number of aryl methyl sites for hydroxylation is 2. The lowest BCUT2D eigenvalue weighted by Crippen LogP contribution is -2.35. The number of halogens is 1. The van der Waals surface area contributed by atoms with Crippen molar-refractivity contribution in [2.75, 3.05) is 0 Å². The van der Waals surface area contributed by atoms with Gasteiger partial charge in [0.1, 0.15) is 23.4 Å². The third kappa shape index (κ3) is 5.25. The molecule has 6 nitrogen and oxygen atoms in total. The molecule has 0 radical (unpaired) electrons. The van der Waals surface area contributed by atoms with Crippen LogP contribution in [-0.4, -0.2) is 21.8 Å². The minimum atomic E-state index is -0.193. The molecule has 36 heavy (non-hydrogen) atoms. The molecule has 1 saturated carbocycles. The molecule has 1 amide bonds. The van der Waals surface area contributed by atoms with Crippen molar-refractivity contribution >= 4 is 5.91 Å². The summed E-state index contributed by atoms with van der Waals surface area (Å²) in [4.78, 5) is 12.7. The minimum absolute atomic E-state index is 0.0306. The van der Waals surface area contributed by atoms with Crippen LogP contribution in [-0.2, 0) is 24.3 Å². The quantitative estimate of drug-likeness (QED) is 0.462. The minimum Gasteiger partial charge on any atom is -0.490 e. The predicted octanol–water partition coefficient (Wildman–Crippen LogP) is 5.67. The highest BCUT2D eigenvalue weighted by atomic mass is 19.1. The van der Waals surface area contributed by atoms with Gasteiger partial charge >= 0.3 is 0 Å². The Hall–Kier alpha value is -3.35. The molecular formula is C29H34FN3O3. The average Bonchev–Trinajstić information content (AvgIpc) is 3.37. The fourth-order valence-electron chi connectivity index (χ4n) is 5.38. The molecule has 1 atom stereocenters. The van der Waals surface area contributed by atoms with Crippen LogP contribution in [0.15, 0.2) is 48.7 Å². The van der Waals surface area contributed by atoms with Gasteiger partial charge in [-0.3, -0.25) is 9.48 Å². The summed E-state index contributed by atoms with van der Waals surface area (Å²) in [5.74, 6) is 1.64. The topological polar surface area (TPSA) is 65.4 Å². The number of nitrogens with one attached hydrogen (secondary N) is 1. The number of rotatable bonds is 7. The predicted molar refractivity (Wildman–Crippen MR) is 135 cm³/mol. The molecule has 1 unspecified atom stereocenters. The zero-order valence-electron chi connectivity index (χ0n) is 21.0. The van der Waals surface area contributed by atoms with Crippen molar-refractivity contribution in [3.63, 3.8) is 0 Å². The Morgan fingerprint density at radius 1 is 1.17 bits per heavy atom. The van der Waals surface area contributed by atoms with Gasteiger partial charge < -0.3 is 14.8 Å². The lowest BCUT2D eigenvalue weighted by Gasteiger charge is -2.30. The summed E-state index contributed by atoms with van der Waals surface area (Å²) in [6, 6.07) is 13.1. The first kappa shape index (κ1) is 24.3. The van der Waals surface area contributed by atoms with Gasteiger partial charge in [0.2, 0.25) is 5.91 Å². The summed E-state index contributed by atoms with van der Waals surface area (Å²) in [6.07, 6.45) is 6.78. The zero-order chi connectivity index (χ0) is 25.1. The van der Waals surface area contributed by atoms with E-state index in [1.807, 2.05) is 35.9 Å². The van der Waals surface area contributed by atoms with Crippen molar-refractivity contribution in [1.29, 1.82) is 0 Å². The van der Waals surface area contributed by atoms with E-state index < -0.39 is 0 Å². The number of ether oxygens (including phenoxy) is 2. The van der Waals surface area contributed by atoms with Gasteiger partial charge in [0.15, 0.2) is 0 Å². The number of aromatic nitrogens is 2. The Morgan fingerprint density at radius 2 is 2.00 bits per heavy atom. The summed E-state index contributed by atoms with van der Waals surface area (Å²) >= 11 is 0. The fraction of sp³-hybridized carbons (Fsp3) is 0.448. The second-order valence-electron chi connectivity index (χ2n) is 9.82. The van der Waals surface area contributed by atoms with Crippen molar-refractivity contribution in [2.45, 2.75) is 77.7 Å². The molecule has 0 bridgehead atoms. The van der Waals surface area contributed by atoms with E-state index >= 15 is 0 Å². The Morgan fingerprint density at radius 3 is 2.81 bits per heavy atom. The maximum absolute atomic E-state index is 14.0. The number of hydrogen-bond acceptors (Lipinski definition) is 4. The highest BCUT2D eigenvalue weighted by Crippen LogP contribution is 2.38. The van der Waals surface area contributed by atoms with E-state index in [4.69, 9.17) is 9.47 Å². The van der Waals surface area contributed by atoms with Gasteiger partial charge in [-0.25, -0.2) is 4.39 Å². The first-order chi connectivity index (χ1) is 17.5. The van der Waals surface area contributed by atoms with Crippen LogP contribution in [0.5, 0.6) is 11.5 Å². The van der Waals surface area contributed by atoms with Crippen molar-refractivity contribution in [3.8, 4) is 11.5 Å². The van der Waals surface area contributed by atoms with Crippen molar-refractivity contribution in [3.05, 3.63) is 76.9 Å². The maximum atomic E-state index is 14.0. The van der Waals surface area contributed by atoms with Crippen LogP contribution in [0.1, 0.15) is 67.5 Å². The van der Waals surface area contributed by atoms with Crippen molar-refractivity contribution in [2.24, 2.45) is 5.92 Å². The van der Waals surface area contributed by atoms with Crippen LogP contribution >= 0.6 is 0 Å². The van der Waals surface area contributed by atoms with Crippen LogP contribution in [0.25, 0.3) is 0 Å². The van der Waals surface area contributed by atoms with Crippen LogP contribution in [0.4, 0.5) is 4.39 Å². The van der Waals surface area contributed by atoms with Crippen molar-refractivity contribution < 1.29 is 18.7 Å². The number of carbonyl (C=O) groups excluding carboxylic acids is 1. The van der Waals surface area contributed by atoms with Gasteiger partial charge in [-0.15, -0.1) is 0 Å². The van der Waals surface area contributed by atoms with Gasteiger partial charge in [0, 0.05) is 18.7 Å². The molecule has 0 spiro atoms. The van der Waals surface area contributed by atoms with Gasteiger partial charge in [-0.05, 0) is 99.4 Å². The number of nitrogens with zero attached hydrogens (tertiary/aromatic N) is 2. The second kappa shape index (κ2) is 10.7. The molecule has 1 aliphatic carbocycles. The molecule has 190 valence electrons. The summed E-state index contributed by atoms with van der Waals surface area (Å²) in [6.45, 7) is 5.16. The molecule has 7 heteroatoms. The number of benzene rings is 2. The molecule has 5 rings (SSSR count). The monoisotopic (exact) mass is 491 g/mol. The molecule has 3 aromatic rings. The molecule has 1 N–H and O–H groups in total. The zero-order valence-corrected chi connectivity index (χ0v) is 21.0. The number of carbonyl (C=O) groups is 1. The largest absolute Gasteiger partial charge is 0.490 e. The number of fused-ring (bicyclic) bond motifs is 1. The van der Waals surface area contributed by atoms with E-state index in [9.17, 15) is 9.18 Å². The van der Waals surface area contributed by atoms with Gasteiger partial charge in [-0.2, -0.15) is 5.10 Å². The van der Waals surface area contributed by atoms with E-state index in [0.717, 1.165) is 73.4 Å².